The molecule has 0 saturated carbocycles. The number of nitrogens with zero attached hydrogens (tertiary/aromatic N) is 1. The molecule has 1 amide bonds. The second kappa shape index (κ2) is 8.45. The minimum absolute atomic E-state index is 0.522. The molecule has 150 valence electrons. The molecule has 0 aliphatic carbocycles. The maximum atomic E-state index is 12.7. The van der Waals surface area contributed by atoms with Crippen LogP contribution in [0.3, 0.4) is 0 Å². The van der Waals surface area contributed by atoms with Crippen molar-refractivity contribution in [1.82, 2.24) is 10.3 Å². The average Bonchev–Trinajstić information content (AvgIpc) is 2.72. The van der Waals surface area contributed by atoms with Crippen molar-refractivity contribution in [2.75, 3.05) is 0 Å². The number of alkyl carbamates (subject to hydrolysis) is 1. The zero-order valence-corrected chi connectivity index (χ0v) is 16.9. The smallest absolute Gasteiger partial charge is 0.408 e. The van der Waals surface area contributed by atoms with Crippen LogP contribution >= 0.6 is 0 Å². The summed E-state index contributed by atoms with van der Waals surface area (Å²) in [4.78, 5) is 17.1. The molecule has 2 N–H and O–H groups in total. The van der Waals surface area contributed by atoms with E-state index in [1.165, 1.54) is 0 Å². The van der Waals surface area contributed by atoms with Gasteiger partial charge in [-0.05, 0) is 44.0 Å². The molecule has 29 heavy (non-hydrogen) atoms. The fourth-order valence-electron chi connectivity index (χ4n) is 3.25. The van der Waals surface area contributed by atoms with Crippen LogP contribution < -0.4 is 5.32 Å². The summed E-state index contributed by atoms with van der Waals surface area (Å²) in [6.07, 6.45) is 1.01. The summed E-state index contributed by atoms with van der Waals surface area (Å²) in [6, 6.07) is 23.0. The second-order valence-corrected chi connectivity index (χ2v) is 7.83. The predicted molar refractivity (Wildman–Crippen MR) is 112 cm³/mol. The van der Waals surface area contributed by atoms with E-state index in [0.29, 0.717) is 16.8 Å². The fourth-order valence-corrected chi connectivity index (χ4v) is 3.25. The summed E-state index contributed by atoms with van der Waals surface area (Å²) in [7, 11) is 0. The Kier molecular flexibility index (Phi) is 5.99. The van der Waals surface area contributed by atoms with Crippen LogP contribution in [0.1, 0.15) is 43.6 Å². The predicted octanol–water partition coefficient (Wildman–Crippen LogP) is 4.58. The monoisotopic (exact) mass is 390 g/mol. The van der Waals surface area contributed by atoms with Crippen LogP contribution in [-0.4, -0.2) is 21.8 Å². The first-order chi connectivity index (χ1) is 13.8. The molecular formula is C24H26N2O3. The van der Waals surface area contributed by atoms with Crippen LogP contribution in [0.2, 0.25) is 0 Å². The van der Waals surface area contributed by atoms with E-state index in [9.17, 15) is 9.90 Å². The van der Waals surface area contributed by atoms with E-state index >= 15 is 0 Å². The average molecular weight is 390 g/mol. The van der Waals surface area contributed by atoms with Crippen LogP contribution in [0.25, 0.3) is 0 Å². The highest BCUT2D eigenvalue weighted by atomic mass is 16.6. The highest BCUT2D eigenvalue weighted by Crippen LogP contribution is 2.40. The first kappa shape index (κ1) is 20.6. The molecule has 3 rings (SSSR count). The summed E-state index contributed by atoms with van der Waals surface area (Å²) in [6.45, 7) is 5.38. The van der Waals surface area contributed by atoms with Crippen LogP contribution in [-0.2, 0) is 10.3 Å². The van der Waals surface area contributed by atoms with Crippen molar-refractivity contribution in [3.63, 3.8) is 0 Å². The number of carbonyl (C=O) groups excluding carboxylic acids is 1. The summed E-state index contributed by atoms with van der Waals surface area (Å²) < 4.78 is 5.47. The van der Waals surface area contributed by atoms with Gasteiger partial charge in [0.1, 0.15) is 17.2 Å². The van der Waals surface area contributed by atoms with Crippen LogP contribution in [0.5, 0.6) is 0 Å². The zero-order chi connectivity index (χ0) is 20.9. The van der Waals surface area contributed by atoms with Crippen molar-refractivity contribution in [3.05, 3.63) is 102 Å². The number of ether oxygens (including phenoxy) is 1. The van der Waals surface area contributed by atoms with Gasteiger partial charge in [0.05, 0.1) is 5.69 Å². The number of aliphatic hydroxyl groups is 1. The Bertz CT molecular complexity index is 883. The summed E-state index contributed by atoms with van der Waals surface area (Å²) in [5.41, 5.74) is -0.436. The number of hydrogen-bond donors (Lipinski definition) is 2. The summed E-state index contributed by atoms with van der Waals surface area (Å²) in [5, 5.41) is 15.0. The van der Waals surface area contributed by atoms with Gasteiger partial charge in [-0.1, -0.05) is 66.7 Å². The van der Waals surface area contributed by atoms with E-state index in [4.69, 9.17) is 4.74 Å². The van der Waals surface area contributed by atoms with E-state index in [1.54, 1.807) is 39.1 Å². The number of aromatic nitrogens is 1. The van der Waals surface area contributed by atoms with Gasteiger partial charge >= 0.3 is 6.09 Å². The Morgan fingerprint density at radius 2 is 1.41 bits per heavy atom. The van der Waals surface area contributed by atoms with Crippen molar-refractivity contribution in [1.29, 1.82) is 0 Å². The molecule has 0 bridgehead atoms. The normalized spacial score (nSPS) is 12.8. The minimum Gasteiger partial charge on any atom is -0.444 e. The second-order valence-electron chi connectivity index (χ2n) is 7.83. The number of hydrogen-bond acceptors (Lipinski definition) is 4. The Balaban J connectivity index is 2.14. The molecule has 0 aliphatic rings. The Labute approximate surface area is 171 Å². The van der Waals surface area contributed by atoms with E-state index < -0.39 is 23.3 Å². The van der Waals surface area contributed by atoms with Crippen molar-refractivity contribution in [2.24, 2.45) is 0 Å². The van der Waals surface area contributed by atoms with Crippen LogP contribution in [0.15, 0.2) is 85.1 Å². The number of carbonyl (C=O) groups is 1. The minimum atomic E-state index is -1.56. The lowest BCUT2D eigenvalue weighted by atomic mass is 9.78. The topological polar surface area (TPSA) is 71.5 Å². The third-order valence-electron chi connectivity index (χ3n) is 4.49. The Morgan fingerprint density at radius 3 is 1.86 bits per heavy atom. The largest absolute Gasteiger partial charge is 0.444 e. The first-order valence-corrected chi connectivity index (χ1v) is 9.54. The molecule has 0 fully saturated rings. The van der Waals surface area contributed by atoms with Gasteiger partial charge in [-0.15, -0.1) is 0 Å². The number of amides is 1. The van der Waals surface area contributed by atoms with Crippen molar-refractivity contribution < 1.29 is 14.6 Å². The lowest BCUT2D eigenvalue weighted by Gasteiger charge is -2.37. The standard InChI is InChI=1S/C24H26N2O3/c1-23(2,3)29-22(27)26-21(20-16-10-11-17-25-20)24(28,18-12-6-4-7-13-18)19-14-8-5-9-15-19/h4-17,21,28H,1-3H3,(H,26,27). The third-order valence-corrected chi connectivity index (χ3v) is 4.49. The molecule has 2 aromatic carbocycles. The number of benzene rings is 2. The van der Waals surface area contributed by atoms with E-state index in [1.807, 2.05) is 66.7 Å². The van der Waals surface area contributed by atoms with Crippen molar-refractivity contribution in [2.45, 2.75) is 38.0 Å². The molecule has 1 aromatic heterocycles. The summed E-state index contributed by atoms with van der Waals surface area (Å²) in [5.74, 6) is 0. The van der Waals surface area contributed by atoms with E-state index in [0.717, 1.165) is 0 Å². The SMILES string of the molecule is CC(C)(C)OC(=O)NC(c1ccccn1)C(O)(c1ccccc1)c1ccccc1. The van der Waals surface area contributed by atoms with Crippen LogP contribution in [0.4, 0.5) is 4.79 Å². The van der Waals surface area contributed by atoms with E-state index in [-0.39, 0.29) is 0 Å². The van der Waals surface area contributed by atoms with Crippen molar-refractivity contribution >= 4 is 6.09 Å². The lowest BCUT2D eigenvalue weighted by molar-refractivity contribution is 0.0148. The molecule has 5 heteroatoms. The highest BCUT2D eigenvalue weighted by Gasteiger charge is 2.43. The van der Waals surface area contributed by atoms with Crippen molar-refractivity contribution in [3.8, 4) is 0 Å². The molecule has 1 unspecified atom stereocenters. The number of nitrogens with one attached hydrogen (secondary N) is 1. The Morgan fingerprint density at radius 1 is 0.897 bits per heavy atom. The molecule has 1 atom stereocenters. The van der Waals surface area contributed by atoms with E-state index in [2.05, 4.69) is 10.3 Å². The molecular weight excluding hydrogens is 364 g/mol. The number of rotatable bonds is 5. The van der Waals surface area contributed by atoms with Gasteiger partial charge in [0, 0.05) is 6.20 Å². The third kappa shape index (κ3) is 4.81. The molecule has 0 radical (unpaired) electrons. The molecule has 5 nitrogen and oxygen atoms in total. The molecule has 0 aliphatic heterocycles. The van der Waals surface area contributed by atoms with Crippen LogP contribution in [0, 0.1) is 0 Å². The summed E-state index contributed by atoms with van der Waals surface area (Å²) >= 11 is 0. The van der Waals surface area contributed by atoms with Gasteiger partial charge in [-0.2, -0.15) is 0 Å². The highest BCUT2D eigenvalue weighted by molar-refractivity contribution is 5.69. The van der Waals surface area contributed by atoms with Gasteiger partial charge in [0.25, 0.3) is 0 Å². The molecule has 0 saturated heterocycles. The first-order valence-electron chi connectivity index (χ1n) is 9.54. The van der Waals surface area contributed by atoms with Gasteiger partial charge < -0.3 is 15.2 Å². The maximum Gasteiger partial charge on any atom is 0.408 e. The van der Waals surface area contributed by atoms with Gasteiger partial charge in [0.15, 0.2) is 0 Å². The molecule has 0 spiro atoms. The maximum absolute atomic E-state index is 12.7. The Hall–Kier alpha value is -3.18. The molecule has 1 heterocycles. The van der Waals surface area contributed by atoms with Gasteiger partial charge in [0.2, 0.25) is 0 Å². The van der Waals surface area contributed by atoms with Gasteiger partial charge in [-0.3, -0.25) is 4.98 Å². The quantitative estimate of drug-likeness (QED) is 0.669. The zero-order valence-electron chi connectivity index (χ0n) is 16.9. The lowest BCUT2D eigenvalue weighted by Crippen LogP contribution is -2.46. The molecule has 3 aromatic rings. The van der Waals surface area contributed by atoms with Gasteiger partial charge in [-0.25, -0.2) is 4.79 Å². The fraction of sp³-hybridized carbons (Fsp3) is 0.250. The number of pyridine rings is 1.